The number of aliphatic hydroxyl groups excluding tert-OH is 4. The number of nitrogens with one attached hydrogen (secondary N) is 3. The van der Waals surface area contributed by atoms with Gasteiger partial charge in [0.1, 0.15) is 79.5 Å². The average molecular weight is 1380 g/mol. The highest BCUT2D eigenvalue weighted by Gasteiger charge is 2.44. The van der Waals surface area contributed by atoms with Crippen LogP contribution in [0.5, 0.6) is 5.75 Å². The number of benzene rings is 4. The van der Waals surface area contributed by atoms with Crippen LogP contribution in [0.4, 0.5) is 10.5 Å². The Balaban J connectivity index is 0.652. The summed E-state index contributed by atoms with van der Waals surface area (Å²) in [6.07, 6.45) is -3.47. The largest absolute Gasteiger partial charge is 0.491 e. The van der Waals surface area contributed by atoms with Gasteiger partial charge in [0.2, 0.25) is 11.3 Å². The van der Waals surface area contributed by atoms with Gasteiger partial charge in [0.05, 0.1) is 136 Å². The van der Waals surface area contributed by atoms with Crippen LogP contribution in [-0.2, 0) is 79.9 Å². The van der Waals surface area contributed by atoms with Gasteiger partial charge in [0.25, 0.3) is 5.91 Å². The van der Waals surface area contributed by atoms with Crippen LogP contribution in [-0.4, -0.2) is 256 Å². The number of carbonyl (C=O) groups is 4. The molecule has 0 spiro atoms. The van der Waals surface area contributed by atoms with Crippen molar-refractivity contribution in [2.24, 2.45) is 0 Å². The van der Waals surface area contributed by atoms with Gasteiger partial charge in [-0.2, -0.15) is 0 Å². The molecule has 2 aliphatic heterocycles. The molecule has 0 saturated carbocycles. The van der Waals surface area contributed by atoms with Crippen molar-refractivity contribution in [1.82, 2.24) is 50.5 Å². The van der Waals surface area contributed by atoms with E-state index in [4.69, 9.17) is 51.8 Å². The number of alkyl carbamates (subject to hydrolysis) is 1. The van der Waals surface area contributed by atoms with Crippen LogP contribution in [0, 0.1) is 0 Å². The van der Waals surface area contributed by atoms with Gasteiger partial charge in [0, 0.05) is 73.2 Å². The highest BCUT2D eigenvalue weighted by molar-refractivity contribution is 6.09. The Labute approximate surface area is 572 Å². The van der Waals surface area contributed by atoms with E-state index in [-0.39, 0.29) is 57.1 Å². The summed E-state index contributed by atoms with van der Waals surface area (Å²) in [5, 5.41) is 76.4. The molecule has 6 atom stereocenters. The number of amides is 3. The lowest BCUT2D eigenvalue weighted by atomic mass is 9.89. The lowest BCUT2D eigenvalue weighted by Gasteiger charge is -2.39. The van der Waals surface area contributed by atoms with Crippen molar-refractivity contribution in [1.29, 1.82) is 0 Å². The molecule has 4 heterocycles. The van der Waals surface area contributed by atoms with E-state index < -0.39 is 72.8 Å². The minimum atomic E-state index is -1.50. The minimum Gasteiger partial charge on any atom is -0.491 e. The van der Waals surface area contributed by atoms with Crippen LogP contribution in [0.1, 0.15) is 58.4 Å². The van der Waals surface area contributed by atoms with Crippen LogP contribution in [0.25, 0.3) is 33.4 Å². The summed E-state index contributed by atoms with van der Waals surface area (Å²) in [5.41, 5.74) is 4.55. The molecule has 1 saturated heterocycles. The van der Waals surface area contributed by atoms with Gasteiger partial charge in [-0.1, -0.05) is 22.6 Å². The molecular formula is C68H92N11O20+. The summed E-state index contributed by atoms with van der Waals surface area (Å²) in [6, 6.07) is 22.4. The van der Waals surface area contributed by atoms with E-state index in [1.54, 1.807) is 48.6 Å². The maximum Gasteiger partial charge on any atom is 0.408 e. The smallest absolute Gasteiger partial charge is 0.408 e. The summed E-state index contributed by atoms with van der Waals surface area (Å²) >= 11 is 0. The first-order valence-corrected chi connectivity index (χ1v) is 32.6. The quantitative estimate of drug-likeness (QED) is 0.0154. The number of ether oxygens (including phenoxy) is 10. The van der Waals surface area contributed by atoms with Crippen molar-refractivity contribution in [3.8, 4) is 28.2 Å². The normalized spacial score (nSPS) is 16.6. The first kappa shape index (κ1) is 76.2. The Morgan fingerprint density at radius 3 is 1.94 bits per heavy atom. The van der Waals surface area contributed by atoms with E-state index in [1.807, 2.05) is 98.3 Å². The van der Waals surface area contributed by atoms with Crippen molar-refractivity contribution < 1.29 is 96.5 Å². The number of hydrogen-bond acceptors (Lipinski definition) is 24. The highest BCUT2D eigenvalue weighted by Crippen LogP contribution is 2.42. The number of nitrogens with zero attached hydrogens (tertiary/aromatic N) is 8. The Hall–Kier alpha value is -8.57. The molecule has 0 unspecified atom stereocenters. The van der Waals surface area contributed by atoms with E-state index in [0.717, 1.165) is 16.6 Å². The molecule has 0 bridgehead atoms. The summed E-state index contributed by atoms with van der Waals surface area (Å²) in [6.45, 7) is 9.84. The van der Waals surface area contributed by atoms with E-state index in [9.17, 15) is 44.7 Å². The molecule has 538 valence electrons. The summed E-state index contributed by atoms with van der Waals surface area (Å²) in [5.74, 6) is -0.818. The number of rotatable bonds is 40. The number of hydrogen-bond donors (Lipinski definition) is 8. The van der Waals surface area contributed by atoms with Gasteiger partial charge in [0.15, 0.2) is 6.29 Å². The molecule has 8 N–H and O–H groups in total. The van der Waals surface area contributed by atoms with Crippen molar-refractivity contribution in [3.63, 3.8) is 0 Å². The molecule has 3 aromatic carbocycles. The third kappa shape index (κ3) is 23.5. The minimum absolute atomic E-state index is 0.0323. The fraction of sp³-hybridized carbons (Fsp3) is 0.515. The molecule has 5 aromatic rings. The number of carboxylic acids is 1. The van der Waals surface area contributed by atoms with Crippen LogP contribution in [0.15, 0.2) is 95.7 Å². The molecule has 31 nitrogen and oxygen atoms in total. The molecule has 3 amide bonds. The third-order valence-corrected chi connectivity index (χ3v) is 15.4. The van der Waals surface area contributed by atoms with Crippen LogP contribution >= 0.6 is 0 Å². The standard InChI is InChI=1S/C68H91N11O20/c1-68(2,3)99-67(88)71-55(37-46-41-78(74-72-46)20-24-90-28-31-93-32-33-94-34-35-95-50-13-8-44(9-14-50)18-22-96-66-62(83)61(82)60(81)58(43-80)98-66)64(85)69-19-23-89-26-29-92-30-27-91-25-21-79-42-47(73-75-79)40-70-63(84)45-10-15-51(65(86)87)54(36-45)59-52-16-11-48(76(4)5)38-56(52)97-57-39-49(77(6)7)12-17-53(57)59/h8-17,36,38-39,41-42,55,58,60-62,66,80-83H,18-35,37,40,43H2,1-7H3,(H3-,69,70,71,84,85,86,87,88)/p+1/t55-,58+,60+,61-,62+,66+/m0/s1. The Morgan fingerprint density at radius 1 is 0.687 bits per heavy atom. The molecule has 31 heteroatoms. The molecule has 3 aliphatic rings. The average Bonchev–Trinajstić information content (AvgIpc) is 1.48. The molecular weight excluding hydrogens is 1290 g/mol. The van der Waals surface area contributed by atoms with Crippen LogP contribution in [0.2, 0.25) is 0 Å². The number of aliphatic hydroxyl groups is 4. The van der Waals surface area contributed by atoms with E-state index >= 15 is 0 Å². The van der Waals surface area contributed by atoms with Crippen molar-refractivity contribution in [2.75, 3.05) is 139 Å². The SMILES string of the molecule is CN(C)c1ccc2c(-c3cc(C(=O)NCc4cn(CCOCCOCCOCCNC(=O)[C@H](Cc5cn(CCOCCOCCOCCOc6ccc(CCO[C@@H]7O[C@H](CO)[C@@H](O)[C@H](O)[C@H]7O)cc6)nn5)NC(=O)OC(C)(C)C)nn4)ccc3C(=O)O)c3ccc(=[N+](C)C)cc-3oc2c1. The topological polar surface area (TPSA) is 379 Å². The van der Waals surface area contributed by atoms with Gasteiger partial charge in [-0.25, -0.2) is 23.5 Å². The second kappa shape index (κ2) is 38.1. The molecule has 0 radical (unpaired) electrons. The predicted molar refractivity (Wildman–Crippen MR) is 358 cm³/mol. The van der Waals surface area contributed by atoms with E-state index in [2.05, 4.69) is 36.6 Å². The lowest BCUT2D eigenvalue weighted by Crippen LogP contribution is -2.59. The van der Waals surface area contributed by atoms with E-state index in [0.29, 0.717) is 136 Å². The zero-order valence-electron chi connectivity index (χ0n) is 56.9. The van der Waals surface area contributed by atoms with Crippen LogP contribution < -0.4 is 35.5 Å². The molecule has 2 aromatic heterocycles. The van der Waals surface area contributed by atoms with Crippen molar-refractivity contribution in [3.05, 3.63) is 125 Å². The second-order valence-corrected chi connectivity index (χ2v) is 24.5. The second-order valence-electron chi connectivity index (χ2n) is 24.5. The zero-order chi connectivity index (χ0) is 70.8. The molecule has 99 heavy (non-hydrogen) atoms. The molecule has 1 fully saturated rings. The maximum atomic E-state index is 13.7. The predicted octanol–water partition coefficient (Wildman–Crippen LogP) is 1.90. The number of carbonyl (C=O) groups excluding carboxylic acids is 3. The van der Waals surface area contributed by atoms with Gasteiger partial charge in [-0.05, 0) is 86.8 Å². The van der Waals surface area contributed by atoms with Gasteiger partial charge in [-0.15, -0.1) is 10.2 Å². The summed E-state index contributed by atoms with van der Waals surface area (Å²) < 4.78 is 67.6. The number of aromatic nitrogens is 6. The zero-order valence-corrected chi connectivity index (χ0v) is 56.9. The first-order chi connectivity index (χ1) is 47.6. The maximum absolute atomic E-state index is 13.7. The number of aromatic carboxylic acids is 1. The number of fused-ring (bicyclic) bond motifs is 2. The fourth-order valence-corrected chi connectivity index (χ4v) is 10.2. The lowest BCUT2D eigenvalue weighted by molar-refractivity contribution is -0.300. The van der Waals surface area contributed by atoms with Gasteiger partial charge < -0.3 is 98.2 Å². The first-order valence-electron chi connectivity index (χ1n) is 32.6. The number of carboxylic acid groups (broad SMARTS) is 1. The Bertz CT molecular complexity index is 3740. The monoisotopic (exact) mass is 1380 g/mol. The van der Waals surface area contributed by atoms with Gasteiger partial charge in [-0.3, -0.25) is 9.59 Å². The van der Waals surface area contributed by atoms with Crippen molar-refractivity contribution in [2.45, 2.75) is 95.6 Å². The molecule has 1 aliphatic carbocycles. The Kier molecular flexibility index (Phi) is 29.3. The number of anilines is 1. The fourth-order valence-electron chi connectivity index (χ4n) is 10.2. The Morgan fingerprint density at radius 2 is 1.31 bits per heavy atom. The summed E-state index contributed by atoms with van der Waals surface area (Å²) in [4.78, 5) is 54.5. The van der Waals surface area contributed by atoms with Crippen molar-refractivity contribution >= 4 is 40.5 Å². The highest BCUT2D eigenvalue weighted by atomic mass is 16.7. The molecule has 8 rings (SSSR count). The summed E-state index contributed by atoms with van der Waals surface area (Å²) in [7, 11) is 7.70. The third-order valence-electron chi connectivity index (χ3n) is 15.4. The van der Waals surface area contributed by atoms with Gasteiger partial charge >= 0.3 is 12.1 Å². The van der Waals surface area contributed by atoms with Crippen LogP contribution in [0.3, 0.4) is 0 Å². The van der Waals surface area contributed by atoms with E-state index in [1.165, 1.54) is 12.1 Å².